The second kappa shape index (κ2) is 13.5. The Bertz CT molecular complexity index is 522. The zero-order chi connectivity index (χ0) is 21.8. The number of carboxylic acid groups (broad SMARTS) is 1. The number of hydrogen-bond acceptors (Lipinski definition) is 5. The normalized spacial score (nSPS) is 29.5. The third-order valence-electron chi connectivity index (χ3n) is 6.59. The van der Waals surface area contributed by atoms with Gasteiger partial charge < -0.3 is 24.8 Å². The molecule has 0 radical (unpaired) electrons. The van der Waals surface area contributed by atoms with Crippen molar-refractivity contribution in [3.8, 4) is 0 Å². The van der Waals surface area contributed by atoms with Crippen molar-refractivity contribution in [1.82, 2.24) is 0 Å². The molecule has 5 atom stereocenters. The molecule has 0 bridgehead atoms. The molecule has 3 N–H and O–H groups in total. The van der Waals surface area contributed by atoms with Crippen LogP contribution in [0.25, 0.3) is 0 Å². The zero-order valence-corrected chi connectivity index (χ0v) is 18.6. The van der Waals surface area contributed by atoms with Gasteiger partial charge in [-0.1, -0.05) is 51.2 Å². The molecule has 2 aliphatic heterocycles. The highest BCUT2D eigenvalue weighted by molar-refractivity contribution is 5.66. The molecule has 0 amide bonds. The van der Waals surface area contributed by atoms with E-state index < -0.39 is 29.9 Å². The van der Waals surface area contributed by atoms with Gasteiger partial charge in [-0.25, -0.2) is 0 Å². The Kier molecular flexibility index (Phi) is 11.4. The molecule has 0 saturated carbocycles. The maximum atomic E-state index is 11.3. The highest BCUT2D eigenvalue weighted by Gasteiger charge is 2.58. The highest BCUT2D eigenvalue weighted by Crippen LogP contribution is 2.42. The summed E-state index contributed by atoms with van der Waals surface area (Å²) in [4.78, 5) is 10.9. The zero-order valence-electron chi connectivity index (χ0n) is 18.6. The minimum Gasteiger partial charge on any atom is -0.481 e. The van der Waals surface area contributed by atoms with E-state index in [1.807, 2.05) is 0 Å². The van der Waals surface area contributed by atoms with E-state index in [0.717, 1.165) is 25.7 Å². The summed E-state index contributed by atoms with van der Waals surface area (Å²) >= 11 is 0. The first-order valence-corrected chi connectivity index (χ1v) is 12.0. The van der Waals surface area contributed by atoms with E-state index in [0.29, 0.717) is 12.8 Å². The van der Waals surface area contributed by atoms with Crippen LogP contribution in [-0.4, -0.2) is 58.4 Å². The van der Waals surface area contributed by atoms with E-state index in [4.69, 9.17) is 14.6 Å². The van der Waals surface area contributed by atoms with E-state index in [2.05, 4.69) is 19.1 Å². The van der Waals surface area contributed by atoms with E-state index in [1.54, 1.807) is 0 Å². The Morgan fingerprint density at radius 1 is 1.03 bits per heavy atom. The molecule has 174 valence electrons. The van der Waals surface area contributed by atoms with Crippen LogP contribution < -0.4 is 0 Å². The molecule has 0 aromatic rings. The monoisotopic (exact) mass is 426 g/mol. The number of allylic oxidation sites excluding steroid dienone is 2. The molecule has 2 aliphatic rings. The van der Waals surface area contributed by atoms with Crippen LogP contribution in [0.4, 0.5) is 0 Å². The summed E-state index contributed by atoms with van der Waals surface area (Å²) in [5.74, 6) is -0.907. The molecule has 0 aliphatic carbocycles. The Balaban J connectivity index is 1.74. The molecule has 2 rings (SSSR count). The van der Waals surface area contributed by atoms with Crippen LogP contribution >= 0.6 is 0 Å². The molecule has 2 saturated heterocycles. The van der Waals surface area contributed by atoms with Gasteiger partial charge in [0.25, 0.3) is 0 Å². The second-order valence-electron chi connectivity index (χ2n) is 9.03. The number of ether oxygens (including phenoxy) is 2. The topological polar surface area (TPSA) is 96.2 Å². The number of carbonyl (C=O) groups is 1. The summed E-state index contributed by atoms with van der Waals surface area (Å²) in [5.41, 5.74) is -1.15. The van der Waals surface area contributed by atoms with Gasteiger partial charge in [-0.15, -0.1) is 0 Å². The summed E-state index contributed by atoms with van der Waals surface area (Å²) < 4.78 is 11.3. The third kappa shape index (κ3) is 7.63. The number of aliphatic hydroxyl groups is 2. The molecule has 2 fully saturated rings. The number of rotatable bonds is 16. The first kappa shape index (κ1) is 25.3. The molecule has 0 spiro atoms. The summed E-state index contributed by atoms with van der Waals surface area (Å²) in [6, 6.07) is 0. The highest BCUT2D eigenvalue weighted by atomic mass is 16.6. The SMILES string of the molecule is CCCCCCCC/C=C\CCCC(CCCC(=O)O)[C@@]1(O)CO[C@@H]2[C@H](O)CO[C@@H]21. The van der Waals surface area contributed by atoms with E-state index in [1.165, 1.54) is 38.5 Å². The standard InChI is InChI=1S/C24H42O6/c1-2-3-4-5-6-7-8-9-10-11-12-14-19(15-13-16-21(26)27)24(28)18-30-22-20(25)17-29-23(22)24/h9-10,19-20,22-23,25,28H,2-8,11-18H2,1H3,(H,26,27)/b10-9-/t19?,20-,22-,23+,24+/m1/s1. The summed E-state index contributed by atoms with van der Waals surface area (Å²) in [5, 5.41) is 30.3. The van der Waals surface area contributed by atoms with Crippen molar-refractivity contribution in [2.45, 2.75) is 114 Å². The predicted octanol–water partition coefficient (Wildman–Crippen LogP) is 4.22. The lowest BCUT2D eigenvalue weighted by molar-refractivity contribution is -0.137. The number of hydrogen-bond donors (Lipinski definition) is 3. The minimum atomic E-state index is -1.15. The van der Waals surface area contributed by atoms with Crippen LogP contribution in [0.15, 0.2) is 12.2 Å². The number of carboxylic acids is 1. The largest absolute Gasteiger partial charge is 0.481 e. The van der Waals surface area contributed by atoms with Crippen molar-refractivity contribution in [2.75, 3.05) is 13.2 Å². The molecule has 6 heteroatoms. The average molecular weight is 427 g/mol. The number of aliphatic hydroxyl groups excluding tert-OH is 1. The van der Waals surface area contributed by atoms with Crippen molar-refractivity contribution >= 4 is 5.97 Å². The van der Waals surface area contributed by atoms with Crippen LogP contribution in [0.3, 0.4) is 0 Å². The lowest BCUT2D eigenvalue weighted by Crippen LogP contribution is -2.50. The maximum Gasteiger partial charge on any atom is 0.303 e. The van der Waals surface area contributed by atoms with Crippen LogP contribution in [0.2, 0.25) is 0 Å². The first-order valence-electron chi connectivity index (χ1n) is 12.0. The summed E-state index contributed by atoms with van der Waals surface area (Å²) in [6.45, 7) is 2.56. The van der Waals surface area contributed by atoms with Gasteiger partial charge in [-0.2, -0.15) is 0 Å². The van der Waals surface area contributed by atoms with Gasteiger partial charge in [0.1, 0.15) is 23.9 Å². The summed E-state index contributed by atoms with van der Waals surface area (Å²) in [7, 11) is 0. The van der Waals surface area contributed by atoms with Crippen molar-refractivity contribution in [1.29, 1.82) is 0 Å². The van der Waals surface area contributed by atoms with Crippen molar-refractivity contribution in [3.63, 3.8) is 0 Å². The Morgan fingerprint density at radius 3 is 2.43 bits per heavy atom. The average Bonchev–Trinajstić information content (AvgIpc) is 3.26. The van der Waals surface area contributed by atoms with Gasteiger partial charge in [-0.05, 0) is 50.9 Å². The quantitative estimate of drug-likeness (QED) is 0.253. The number of unbranched alkanes of at least 4 members (excludes halogenated alkanes) is 7. The molecule has 6 nitrogen and oxygen atoms in total. The lowest BCUT2D eigenvalue weighted by atomic mass is 9.77. The predicted molar refractivity (Wildman–Crippen MR) is 116 cm³/mol. The van der Waals surface area contributed by atoms with E-state index in [9.17, 15) is 15.0 Å². The fraction of sp³-hybridized carbons (Fsp3) is 0.875. The molecule has 0 aromatic carbocycles. The molecular weight excluding hydrogens is 384 g/mol. The Labute approximate surface area is 181 Å². The fourth-order valence-corrected chi connectivity index (χ4v) is 4.79. The van der Waals surface area contributed by atoms with Gasteiger partial charge in [0, 0.05) is 6.42 Å². The van der Waals surface area contributed by atoms with Crippen LogP contribution in [0.1, 0.15) is 90.4 Å². The molecule has 0 aromatic heterocycles. The van der Waals surface area contributed by atoms with Crippen molar-refractivity contribution < 1.29 is 29.6 Å². The van der Waals surface area contributed by atoms with Crippen LogP contribution in [-0.2, 0) is 14.3 Å². The lowest BCUT2D eigenvalue weighted by Gasteiger charge is -2.35. The minimum absolute atomic E-state index is 0.0934. The summed E-state index contributed by atoms with van der Waals surface area (Å²) in [6.07, 6.45) is 15.7. The van der Waals surface area contributed by atoms with E-state index in [-0.39, 0.29) is 25.6 Å². The van der Waals surface area contributed by atoms with Crippen LogP contribution in [0.5, 0.6) is 0 Å². The molecular formula is C24H42O6. The van der Waals surface area contributed by atoms with E-state index >= 15 is 0 Å². The first-order chi connectivity index (χ1) is 14.5. The van der Waals surface area contributed by atoms with Crippen molar-refractivity contribution in [2.24, 2.45) is 5.92 Å². The van der Waals surface area contributed by atoms with Gasteiger partial charge in [0.05, 0.1) is 13.2 Å². The maximum absolute atomic E-state index is 11.3. The van der Waals surface area contributed by atoms with Gasteiger partial charge >= 0.3 is 5.97 Å². The smallest absolute Gasteiger partial charge is 0.303 e. The van der Waals surface area contributed by atoms with Crippen molar-refractivity contribution in [3.05, 3.63) is 12.2 Å². The Morgan fingerprint density at radius 2 is 1.70 bits per heavy atom. The Hall–Kier alpha value is -0.950. The van der Waals surface area contributed by atoms with Gasteiger partial charge in [0.2, 0.25) is 0 Å². The third-order valence-corrected chi connectivity index (χ3v) is 6.59. The number of fused-ring (bicyclic) bond motifs is 1. The van der Waals surface area contributed by atoms with Crippen LogP contribution in [0, 0.1) is 5.92 Å². The molecule has 2 heterocycles. The fourth-order valence-electron chi connectivity index (χ4n) is 4.79. The van der Waals surface area contributed by atoms with Gasteiger partial charge in [-0.3, -0.25) is 4.79 Å². The van der Waals surface area contributed by atoms with Gasteiger partial charge in [0.15, 0.2) is 0 Å². The molecule has 30 heavy (non-hydrogen) atoms. The number of aliphatic carboxylic acids is 1. The molecule has 1 unspecified atom stereocenters. The second-order valence-corrected chi connectivity index (χ2v) is 9.03.